The van der Waals surface area contributed by atoms with E-state index in [0.717, 1.165) is 37.2 Å². The largest absolute Gasteiger partial charge is 0.358 e. The first kappa shape index (κ1) is 13.9. The van der Waals surface area contributed by atoms with Crippen LogP contribution in [0.2, 0.25) is 0 Å². The first-order valence-electron chi connectivity index (χ1n) is 7.67. The third kappa shape index (κ3) is 2.84. The van der Waals surface area contributed by atoms with E-state index in [4.69, 9.17) is 0 Å². The summed E-state index contributed by atoms with van der Waals surface area (Å²) in [5.41, 5.74) is 2.17. The highest BCUT2D eigenvalue weighted by Crippen LogP contribution is 2.25. The third-order valence-electron chi connectivity index (χ3n) is 3.99. The Balaban J connectivity index is 1.81. The maximum Gasteiger partial charge on any atom is 0.251 e. The number of allylic oxidation sites excluding steroid dienone is 1. The number of unbranched alkanes of at least 4 members (excludes halogenated alkanes) is 1. The monoisotopic (exact) mass is 283 g/mol. The van der Waals surface area contributed by atoms with Gasteiger partial charge in [-0.15, -0.1) is 0 Å². The number of aliphatic imine (C=N–C) groups is 1. The molecular formula is C17H21N3O. The molecule has 0 radical (unpaired) electrons. The van der Waals surface area contributed by atoms with Crippen LogP contribution in [0.1, 0.15) is 31.7 Å². The number of hydrogen-bond donors (Lipinski definition) is 1. The molecule has 1 amide bonds. The highest BCUT2D eigenvalue weighted by Gasteiger charge is 2.37. The SMILES string of the molecule is CCCCC1NC2=C(Cc3ccccc3)N=CCN2C1=O. The quantitative estimate of drug-likeness (QED) is 0.902. The number of nitrogens with zero attached hydrogens (tertiary/aromatic N) is 2. The van der Waals surface area contributed by atoms with Gasteiger partial charge in [0.25, 0.3) is 5.91 Å². The van der Waals surface area contributed by atoms with Crippen molar-refractivity contribution >= 4 is 12.1 Å². The average Bonchev–Trinajstić information content (AvgIpc) is 2.84. The highest BCUT2D eigenvalue weighted by molar-refractivity contribution is 5.89. The van der Waals surface area contributed by atoms with Gasteiger partial charge in [0.2, 0.25) is 0 Å². The predicted molar refractivity (Wildman–Crippen MR) is 83.8 cm³/mol. The van der Waals surface area contributed by atoms with E-state index in [1.807, 2.05) is 29.3 Å². The molecule has 1 N–H and O–H groups in total. The molecule has 0 spiro atoms. The summed E-state index contributed by atoms with van der Waals surface area (Å²) >= 11 is 0. The summed E-state index contributed by atoms with van der Waals surface area (Å²) in [6, 6.07) is 10.2. The molecule has 2 aliphatic heterocycles. The molecule has 2 heterocycles. The molecule has 0 aliphatic carbocycles. The van der Waals surface area contributed by atoms with Crippen LogP contribution >= 0.6 is 0 Å². The number of benzene rings is 1. The molecule has 4 nitrogen and oxygen atoms in total. The van der Waals surface area contributed by atoms with Gasteiger partial charge in [-0.05, 0) is 12.0 Å². The van der Waals surface area contributed by atoms with Gasteiger partial charge in [-0.25, -0.2) is 0 Å². The summed E-state index contributed by atoms with van der Waals surface area (Å²) in [5.74, 6) is 1.10. The van der Waals surface area contributed by atoms with E-state index >= 15 is 0 Å². The summed E-state index contributed by atoms with van der Waals surface area (Å²) in [7, 11) is 0. The summed E-state index contributed by atoms with van der Waals surface area (Å²) in [6.45, 7) is 2.73. The van der Waals surface area contributed by atoms with Gasteiger partial charge in [-0.2, -0.15) is 0 Å². The van der Waals surface area contributed by atoms with Crippen LogP contribution in [0.3, 0.4) is 0 Å². The molecule has 1 aromatic carbocycles. The Bertz CT molecular complexity index is 577. The summed E-state index contributed by atoms with van der Waals surface area (Å²) in [6.07, 6.45) is 5.67. The van der Waals surface area contributed by atoms with Crippen LogP contribution < -0.4 is 5.32 Å². The van der Waals surface area contributed by atoms with Crippen molar-refractivity contribution in [2.75, 3.05) is 6.54 Å². The van der Waals surface area contributed by atoms with Crippen LogP contribution in [0.5, 0.6) is 0 Å². The molecule has 1 saturated heterocycles. The number of carbonyl (C=O) groups excluding carboxylic acids is 1. The number of fused-ring (bicyclic) bond motifs is 1. The third-order valence-corrected chi connectivity index (χ3v) is 3.99. The Kier molecular flexibility index (Phi) is 4.04. The Morgan fingerprint density at radius 3 is 2.90 bits per heavy atom. The molecule has 110 valence electrons. The van der Waals surface area contributed by atoms with E-state index in [-0.39, 0.29) is 11.9 Å². The average molecular weight is 283 g/mol. The lowest BCUT2D eigenvalue weighted by Gasteiger charge is -2.20. The number of amides is 1. The van der Waals surface area contributed by atoms with Crippen molar-refractivity contribution in [1.82, 2.24) is 10.2 Å². The molecule has 0 bridgehead atoms. The fourth-order valence-corrected chi connectivity index (χ4v) is 2.84. The van der Waals surface area contributed by atoms with Crippen LogP contribution in [0.4, 0.5) is 0 Å². The predicted octanol–water partition coefficient (Wildman–Crippen LogP) is 2.47. The van der Waals surface area contributed by atoms with Crippen LogP contribution in [-0.4, -0.2) is 29.6 Å². The molecule has 3 rings (SSSR count). The van der Waals surface area contributed by atoms with E-state index in [9.17, 15) is 4.79 Å². The van der Waals surface area contributed by atoms with Gasteiger partial charge in [0, 0.05) is 12.6 Å². The minimum Gasteiger partial charge on any atom is -0.358 e. The normalized spacial score (nSPS) is 20.7. The van der Waals surface area contributed by atoms with Crippen molar-refractivity contribution < 1.29 is 4.79 Å². The summed E-state index contributed by atoms with van der Waals surface area (Å²) < 4.78 is 0. The first-order chi connectivity index (χ1) is 10.3. The van der Waals surface area contributed by atoms with Crippen molar-refractivity contribution in [3.8, 4) is 0 Å². The molecule has 0 aromatic heterocycles. The van der Waals surface area contributed by atoms with Crippen molar-refractivity contribution in [2.24, 2.45) is 4.99 Å². The van der Waals surface area contributed by atoms with Gasteiger partial charge in [-0.1, -0.05) is 50.1 Å². The van der Waals surface area contributed by atoms with Crippen molar-refractivity contribution in [2.45, 2.75) is 38.6 Å². The molecule has 1 fully saturated rings. The highest BCUT2D eigenvalue weighted by atomic mass is 16.2. The first-order valence-corrected chi connectivity index (χ1v) is 7.67. The van der Waals surface area contributed by atoms with Crippen LogP contribution in [-0.2, 0) is 11.2 Å². The number of nitrogens with one attached hydrogen (secondary N) is 1. The Labute approximate surface area is 125 Å². The fourth-order valence-electron chi connectivity index (χ4n) is 2.84. The van der Waals surface area contributed by atoms with Gasteiger partial charge < -0.3 is 5.32 Å². The van der Waals surface area contributed by atoms with E-state index in [1.54, 1.807) is 0 Å². The fraction of sp³-hybridized carbons (Fsp3) is 0.412. The maximum atomic E-state index is 12.4. The van der Waals surface area contributed by atoms with Gasteiger partial charge >= 0.3 is 0 Å². The number of rotatable bonds is 5. The summed E-state index contributed by atoms with van der Waals surface area (Å²) in [5, 5.41) is 3.39. The lowest BCUT2D eigenvalue weighted by Crippen LogP contribution is -2.32. The van der Waals surface area contributed by atoms with Gasteiger partial charge in [0.05, 0.1) is 12.2 Å². The van der Waals surface area contributed by atoms with Crippen molar-refractivity contribution in [3.05, 3.63) is 47.4 Å². The molecular weight excluding hydrogens is 262 g/mol. The maximum absolute atomic E-state index is 12.4. The van der Waals surface area contributed by atoms with E-state index < -0.39 is 0 Å². The zero-order chi connectivity index (χ0) is 14.7. The lowest BCUT2D eigenvalue weighted by molar-refractivity contribution is -0.127. The topological polar surface area (TPSA) is 44.7 Å². The van der Waals surface area contributed by atoms with Gasteiger partial charge in [0.1, 0.15) is 11.9 Å². The van der Waals surface area contributed by atoms with Crippen LogP contribution in [0.15, 0.2) is 46.8 Å². The molecule has 21 heavy (non-hydrogen) atoms. The van der Waals surface area contributed by atoms with E-state index in [1.165, 1.54) is 5.56 Å². The van der Waals surface area contributed by atoms with Crippen LogP contribution in [0.25, 0.3) is 0 Å². The second-order valence-corrected chi connectivity index (χ2v) is 5.56. The molecule has 1 unspecified atom stereocenters. The second kappa shape index (κ2) is 6.12. The minimum absolute atomic E-state index is 0.0765. The van der Waals surface area contributed by atoms with Crippen LogP contribution in [0, 0.1) is 0 Å². The zero-order valence-electron chi connectivity index (χ0n) is 12.4. The lowest BCUT2D eigenvalue weighted by atomic mass is 10.1. The molecule has 1 aromatic rings. The Morgan fingerprint density at radius 1 is 1.33 bits per heavy atom. The Morgan fingerprint density at radius 2 is 2.14 bits per heavy atom. The number of carbonyl (C=O) groups is 1. The molecule has 2 aliphatic rings. The Hall–Kier alpha value is -2.10. The van der Waals surface area contributed by atoms with Crippen molar-refractivity contribution in [1.29, 1.82) is 0 Å². The molecule has 4 heteroatoms. The standard InChI is InChI=1S/C17H21N3O/c1-2-3-9-14-17(21)20-11-10-18-15(16(20)19-14)12-13-7-5-4-6-8-13/h4-8,10,14,19H,2-3,9,11-12H2,1H3. The van der Waals surface area contributed by atoms with Crippen molar-refractivity contribution in [3.63, 3.8) is 0 Å². The summed E-state index contributed by atoms with van der Waals surface area (Å²) in [4.78, 5) is 18.8. The van der Waals surface area contributed by atoms with Gasteiger partial charge in [-0.3, -0.25) is 14.7 Å². The smallest absolute Gasteiger partial charge is 0.251 e. The van der Waals surface area contributed by atoms with Gasteiger partial charge in [0.15, 0.2) is 0 Å². The molecule has 1 atom stereocenters. The number of hydrogen-bond acceptors (Lipinski definition) is 3. The zero-order valence-corrected chi connectivity index (χ0v) is 12.4. The molecule has 0 saturated carbocycles. The second-order valence-electron chi connectivity index (χ2n) is 5.56. The minimum atomic E-state index is -0.0765. The van der Waals surface area contributed by atoms with E-state index in [2.05, 4.69) is 29.4 Å². The van der Waals surface area contributed by atoms with E-state index in [0.29, 0.717) is 6.54 Å².